The molecule has 6 aromatic rings. The number of carbonyl (C=O) groups excluding carboxylic acids is 1. The number of aromatic nitrogens is 5. The number of nitrogens with zero attached hydrogens (tertiary/aromatic N) is 4. The van der Waals surface area contributed by atoms with E-state index in [1.54, 1.807) is 47.3 Å². The first-order chi connectivity index (χ1) is 19.3. The van der Waals surface area contributed by atoms with Gasteiger partial charge < -0.3 is 14.7 Å². The van der Waals surface area contributed by atoms with Crippen LogP contribution in [0.2, 0.25) is 0 Å². The number of carbonyl (C=O) groups is 1. The minimum Gasteiger partial charge on any atom is -0.324 e. The van der Waals surface area contributed by atoms with Crippen molar-refractivity contribution in [2.75, 3.05) is 5.32 Å². The number of H-pyrrole nitrogens is 1. The Labute approximate surface area is 225 Å². The Balaban J connectivity index is 1.15. The van der Waals surface area contributed by atoms with Crippen molar-refractivity contribution in [3.05, 3.63) is 114 Å². The zero-order valence-corrected chi connectivity index (χ0v) is 20.9. The average molecular weight is 542 g/mol. The first kappa shape index (κ1) is 25.3. The number of benzene rings is 2. The van der Waals surface area contributed by atoms with E-state index in [0.717, 1.165) is 23.3 Å². The van der Waals surface area contributed by atoms with Crippen LogP contribution in [0.15, 0.2) is 91.5 Å². The quantitative estimate of drug-likeness (QED) is 0.236. The molecular formula is C29H22F3N7O. The molecule has 0 bridgehead atoms. The highest BCUT2D eigenvalue weighted by Crippen LogP contribution is 2.33. The highest BCUT2D eigenvalue weighted by Gasteiger charge is 2.30. The van der Waals surface area contributed by atoms with Gasteiger partial charge in [-0.05, 0) is 70.8 Å². The van der Waals surface area contributed by atoms with Gasteiger partial charge in [0.15, 0.2) is 0 Å². The molecule has 6 rings (SSSR count). The smallest absolute Gasteiger partial charge is 0.324 e. The number of nitrogens with one attached hydrogen (secondary N) is 3. The van der Waals surface area contributed by atoms with E-state index in [-0.39, 0.29) is 11.6 Å². The molecule has 0 spiro atoms. The predicted molar refractivity (Wildman–Crippen MR) is 144 cm³/mol. The first-order valence-corrected chi connectivity index (χ1v) is 12.4. The van der Waals surface area contributed by atoms with E-state index >= 15 is 0 Å². The van der Waals surface area contributed by atoms with E-state index in [9.17, 15) is 18.0 Å². The van der Waals surface area contributed by atoms with Gasteiger partial charge in [-0.25, -0.2) is 9.97 Å². The Hall–Kier alpha value is -5.03. The number of aromatic amines is 1. The standard InChI is InChI=1S/C29H22F3N7O/c30-29(31,32)22-3-1-2-20(13-22)21-4-5-23-24(14-21)37-28(36-23)38-27(40)25-17-39-11-8-19(12-26(39)35-25)16-34-15-18-6-9-33-10-7-18/h1-14,17,34H,15-16H2,(H2,36,37,38,40). The van der Waals surface area contributed by atoms with Crippen LogP contribution in [0.25, 0.3) is 27.8 Å². The lowest BCUT2D eigenvalue weighted by molar-refractivity contribution is -0.137. The van der Waals surface area contributed by atoms with Crippen molar-refractivity contribution in [2.45, 2.75) is 19.3 Å². The molecule has 4 aromatic heterocycles. The second-order valence-corrected chi connectivity index (χ2v) is 9.24. The van der Waals surface area contributed by atoms with Crippen LogP contribution in [0, 0.1) is 0 Å². The molecular weight excluding hydrogens is 519 g/mol. The molecule has 1 amide bonds. The Bertz CT molecular complexity index is 1830. The molecule has 0 aliphatic heterocycles. The van der Waals surface area contributed by atoms with Crippen LogP contribution >= 0.6 is 0 Å². The molecule has 2 aromatic carbocycles. The fourth-order valence-corrected chi connectivity index (χ4v) is 4.39. The van der Waals surface area contributed by atoms with E-state index in [1.807, 2.05) is 30.5 Å². The van der Waals surface area contributed by atoms with Gasteiger partial charge in [-0.1, -0.05) is 18.2 Å². The minimum atomic E-state index is -4.43. The number of alkyl halides is 3. The molecule has 0 saturated heterocycles. The number of pyridine rings is 2. The van der Waals surface area contributed by atoms with E-state index in [1.165, 1.54) is 6.07 Å². The molecule has 0 atom stereocenters. The van der Waals surface area contributed by atoms with Gasteiger partial charge in [0.05, 0.1) is 16.6 Å². The third kappa shape index (κ3) is 5.40. The summed E-state index contributed by atoms with van der Waals surface area (Å²) in [4.78, 5) is 28.8. The Morgan fingerprint density at radius 1 is 0.900 bits per heavy atom. The summed E-state index contributed by atoms with van der Waals surface area (Å²) in [5, 5.41) is 6.09. The minimum absolute atomic E-state index is 0.208. The number of halogens is 3. The second kappa shape index (κ2) is 10.3. The van der Waals surface area contributed by atoms with Gasteiger partial charge in [0.2, 0.25) is 5.95 Å². The van der Waals surface area contributed by atoms with Crippen LogP contribution in [0.4, 0.5) is 19.1 Å². The second-order valence-electron chi connectivity index (χ2n) is 9.24. The molecule has 40 heavy (non-hydrogen) atoms. The molecule has 0 aliphatic rings. The monoisotopic (exact) mass is 541 g/mol. The van der Waals surface area contributed by atoms with E-state index < -0.39 is 17.6 Å². The highest BCUT2D eigenvalue weighted by atomic mass is 19.4. The van der Waals surface area contributed by atoms with Gasteiger partial charge in [0, 0.05) is 37.9 Å². The fraction of sp³-hybridized carbons (Fsp3) is 0.103. The summed E-state index contributed by atoms with van der Waals surface area (Å²) in [7, 11) is 0. The Morgan fingerprint density at radius 3 is 2.52 bits per heavy atom. The Kier molecular flexibility index (Phi) is 6.48. The number of fused-ring (bicyclic) bond motifs is 2. The summed E-state index contributed by atoms with van der Waals surface area (Å²) in [5.74, 6) is -0.238. The van der Waals surface area contributed by atoms with E-state index in [0.29, 0.717) is 40.9 Å². The van der Waals surface area contributed by atoms with Gasteiger partial charge in [-0.15, -0.1) is 0 Å². The fourth-order valence-electron chi connectivity index (χ4n) is 4.39. The van der Waals surface area contributed by atoms with Crippen LogP contribution < -0.4 is 10.6 Å². The van der Waals surface area contributed by atoms with E-state index in [2.05, 4.69) is 30.6 Å². The molecule has 0 saturated carbocycles. The lowest BCUT2D eigenvalue weighted by atomic mass is 10.0. The Morgan fingerprint density at radius 2 is 1.70 bits per heavy atom. The summed E-state index contributed by atoms with van der Waals surface area (Å²) in [6, 6.07) is 18.0. The van der Waals surface area contributed by atoms with Gasteiger partial charge in [-0.2, -0.15) is 13.2 Å². The van der Waals surface area contributed by atoms with Crippen LogP contribution in [0.1, 0.15) is 27.2 Å². The normalized spacial score (nSPS) is 11.8. The van der Waals surface area contributed by atoms with Crippen molar-refractivity contribution in [3.8, 4) is 11.1 Å². The number of amides is 1. The lowest BCUT2D eigenvalue weighted by Gasteiger charge is -2.08. The molecule has 3 N–H and O–H groups in total. The van der Waals surface area contributed by atoms with Crippen molar-refractivity contribution < 1.29 is 18.0 Å². The third-order valence-electron chi connectivity index (χ3n) is 6.40. The van der Waals surface area contributed by atoms with Crippen molar-refractivity contribution in [3.63, 3.8) is 0 Å². The van der Waals surface area contributed by atoms with Gasteiger partial charge in [0.25, 0.3) is 5.91 Å². The number of hydrogen-bond acceptors (Lipinski definition) is 5. The molecule has 0 unspecified atom stereocenters. The van der Waals surface area contributed by atoms with Gasteiger partial charge in [0.1, 0.15) is 11.3 Å². The molecule has 11 heteroatoms. The number of hydrogen-bond donors (Lipinski definition) is 3. The number of imidazole rings is 2. The summed E-state index contributed by atoms with van der Waals surface area (Å²) in [6.07, 6.45) is 2.56. The van der Waals surface area contributed by atoms with E-state index in [4.69, 9.17) is 0 Å². The summed E-state index contributed by atoms with van der Waals surface area (Å²) < 4.78 is 41.2. The molecule has 0 aliphatic carbocycles. The van der Waals surface area contributed by atoms with Gasteiger partial charge >= 0.3 is 6.18 Å². The number of rotatable bonds is 7. The maximum Gasteiger partial charge on any atom is 0.416 e. The van der Waals surface area contributed by atoms with Crippen molar-refractivity contribution in [2.24, 2.45) is 0 Å². The maximum atomic E-state index is 13.1. The molecule has 0 fully saturated rings. The van der Waals surface area contributed by atoms with Crippen molar-refractivity contribution in [1.82, 2.24) is 29.7 Å². The van der Waals surface area contributed by atoms with Crippen LogP contribution in [-0.2, 0) is 19.3 Å². The zero-order valence-electron chi connectivity index (χ0n) is 20.9. The molecule has 200 valence electrons. The predicted octanol–water partition coefficient (Wildman–Crippen LogP) is 5.83. The average Bonchev–Trinajstić information content (AvgIpc) is 3.56. The first-order valence-electron chi connectivity index (χ1n) is 12.4. The third-order valence-corrected chi connectivity index (χ3v) is 6.40. The molecule has 0 radical (unpaired) electrons. The zero-order chi connectivity index (χ0) is 27.7. The summed E-state index contributed by atoms with van der Waals surface area (Å²) in [5.41, 5.74) is 4.41. The van der Waals surface area contributed by atoms with Crippen molar-refractivity contribution >= 4 is 28.5 Å². The van der Waals surface area contributed by atoms with Crippen molar-refractivity contribution in [1.29, 1.82) is 0 Å². The molecule has 4 heterocycles. The largest absolute Gasteiger partial charge is 0.416 e. The molecule has 8 nitrogen and oxygen atoms in total. The van der Waals surface area contributed by atoms with Crippen LogP contribution in [0.5, 0.6) is 0 Å². The summed E-state index contributed by atoms with van der Waals surface area (Å²) in [6.45, 7) is 1.34. The highest BCUT2D eigenvalue weighted by molar-refractivity contribution is 6.03. The number of anilines is 1. The summed E-state index contributed by atoms with van der Waals surface area (Å²) >= 11 is 0. The van der Waals surface area contributed by atoms with Gasteiger partial charge in [-0.3, -0.25) is 15.1 Å². The van der Waals surface area contributed by atoms with Crippen LogP contribution in [-0.4, -0.2) is 30.2 Å². The maximum absolute atomic E-state index is 13.1. The topological polar surface area (TPSA) is 100 Å². The SMILES string of the molecule is O=C(Nc1nc2cc(-c3cccc(C(F)(F)F)c3)ccc2[nH]1)c1cn2ccc(CNCc3ccncc3)cc2n1. The van der Waals surface area contributed by atoms with Crippen LogP contribution in [0.3, 0.4) is 0 Å². The lowest BCUT2D eigenvalue weighted by Crippen LogP contribution is -2.13.